The zero-order valence-electron chi connectivity index (χ0n) is 17.8. The van der Waals surface area contributed by atoms with E-state index < -0.39 is 5.82 Å². The normalized spacial score (nSPS) is 14.4. The molecular formula is C23H21ClFN5O2S. The summed E-state index contributed by atoms with van der Waals surface area (Å²) >= 11 is 7.43. The van der Waals surface area contributed by atoms with E-state index in [4.69, 9.17) is 11.6 Å². The van der Waals surface area contributed by atoms with Crippen LogP contribution >= 0.6 is 23.4 Å². The molecule has 33 heavy (non-hydrogen) atoms. The van der Waals surface area contributed by atoms with Crippen molar-refractivity contribution in [2.24, 2.45) is 7.05 Å². The second-order valence-corrected chi connectivity index (χ2v) is 9.51. The highest BCUT2D eigenvalue weighted by Crippen LogP contribution is 2.29. The molecule has 5 rings (SSSR count). The summed E-state index contributed by atoms with van der Waals surface area (Å²) in [7, 11) is 1.62. The minimum Gasteiger partial charge on any atom is -0.349 e. The van der Waals surface area contributed by atoms with Crippen molar-refractivity contribution in [1.82, 2.24) is 24.5 Å². The lowest BCUT2D eigenvalue weighted by molar-refractivity contribution is 0.0938. The molecule has 0 radical (unpaired) electrons. The molecule has 0 aliphatic heterocycles. The zero-order chi connectivity index (χ0) is 23.1. The lowest BCUT2D eigenvalue weighted by Crippen LogP contribution is -2.32. The van der Waals surface area contributed by atoms with Crippen LogP contribution in [0, 0.1) is 5.82 Å². The summed E-state index contributed by atoms with van der Waals surface area (Å²) < 4.78 is 17.4. The first kappa shape index (κ1) is 21.9. The van der Waals surface area contributed by atoms with E-state index in [0.717, 1.165) is 25.7 Å². The Balaban J connectivity index is 1.57. The molecule has 2 aromatic carbocycles. The third-order valence-corrected chi connectivity index (χ3v) is 7.36. The molecule has 1 aliphatic carbocycles. The molecule has 0 spiro atoms. The minimum absolute atomic E-state index is 0.168. The maximum Gasteiger partial charge on any atom is 0.262 e. The lowest BCUT2D eigenvalue weighted by atomic mass is 10.1. The predicted molar refractivity (Wildman–Crippen MR) is 126 cm³/mol. The molecule has 10 heteroatoms. The molecular weight excluding hydrogens is 465 g/mol. The Bertz CT molecular complexity index is 1420. The number of hydrogen-bond donors (Lipinski definition) is 1. The van der Waals surface area contributed by atoms with Gasteiger partial charge in [-0.3, -0.25) is 18.6 Å². The molecule has 1 saturated carbocycles. The number of rotatable bonds is 5. The Labute approximate surface area is 198 Å². The summed E-state index contributed by atoms with van der Waals surface area (Å²) in [4.78, 5) is 25.7. The van der Waals surface area contributed by atoms with Crippen LogP contribution in [0.2, 0.25) is 5.02 Å². The minimum atomic E-state index is -0.396. The third-order valence-electron chi connectivity index (χ3n) is 6.05. The standard InChI is InChI=1S/C23H21ClFN5O2S/c1-29-21(32)15-10-9-13(20(31)26-14-5-2-3-6-14)11-19(15)30-22(29)27-28-23(30)33-12-16-17(24)7-4-8-18(16)25/h4,7-11,14H,2-3,5-6,12H2,1H3,(H,26,31). The molecule has 2 heterocycles. The molecule has 0 atom stereocenters. The van der Waals surface area contributed by atoms with Crippen molar-refractivity contribution in [1.29, 1.82) is 0 Å². The van der Waals surface area contributed by atoms with Crippen molar-refractivity contribution in [2.75, 3.05) is 0 Å². The van der Waals surface area contributed by atoms with E-state index >= 15 is 0 Å². The molecule has 7 nitrogen and oxygen atoms in total. The number of hydrogen-bond acceptors (Lipinski definition) is 5. The van der Waals surface area contributed by atoms with Crippen molar-refractivity contribution < 1.29 is 9.18 Å². The van der Waals surface area contributed by atoms with Gasteiger partial charge in [0.15, 0.2) is 5.16 Å². The second-order valence-electron chi connectivity index (χ2n) is 8.16. The summed E-state index contributed by atoms with van der Waals surface area (Å²) in [5, 5.41) is 12.7. The van der Waals surface area contributed by atoms with E-state index in [0.29, 0.717) is 38.0 Å². The number of aromatic nitrogens is 4. The first-order valence-corrected chi connectivity index (χ1v) is 12.0. The van der Waals surface area contributed by atoms with Crippen molar-refractivity contribution in [2.45, 2.75) is 42.6 Å². The number of carbonyl (C=O) groups excluding carboxylic acids is 1. The quantitative estimate of drug-likeness (QED) is 0.425. The number of nitrogens with zero attached hydrogens (tertiary/aromatic N) is 4. The van der Waals surface area contributed by atoms with Gasteiger partial charge in [-0.05, 0) is 43.2 Å². The highest BCUT2D eigenvalue weighted by Gasteiger charge is 2.21. The van der Waals surface area contributed by atoms with E-state index in [1.807, 2.05) is 0 Å². The lowest BCUT2D eigenvalue weighted by Gasteiger charge is -2.13. The molecule has 2 aromatic heterocycles. The van der Waals surface area contributed by atoms with Crippen LogP contribution in [0.3, 0.4) is 0 Å². The van der Waals surface area contributed by atoms with E-state index in [9.17, 15) is 14.0 Å². The van der Waals surface area contributed by atoms with E-state index in [2.05, 4.69) is 15.5 Å². The largest absolute Gasteiger partial charge is 0.349 e. The highest BCUT2D eigenvalue weighted by atomic mass is 35.5. The van der Waals surface area contributed by atoms with Crippen molar-refractivity contribution in [3.63, 3.8) is 0 Å². The Morgan fingerprint density at radius 1 is 1.24 bits per heavy atom. The van der Waals surface area contributed by atoms with Gasteiger partial charge in [0.2, 0.25) is 5.78 Å². The van der Waals surface area contributed by atoms with Crippen LogP contribution in [-0.2, 0) is 12.8 Å². The maximum absolute atomic E-state index is 14.2. The highest BCUT2D eigenvalue weighted by molar-refractivity contribution is 7.98. The summed E-state index contributed by atoms with van der Waals surface area (Å²) in [6.45, 7) is 0. The first-order chi connectivity index (χ1) is 15.9. The molecule has 0 unspecified atom stereocenters. The van der Waals surface area contributed by atoms with Gasteiger partial charge in [-0.2, -0.15) is 0 Å². The van der Waals surface area contributed by atoms with Crippen LogP contribution < -0.4 is 10.9 Å². The van der Waals surface area contributed by atoms with Crippen LogP contribution in [0.15, 0.2) is 46.3 Å². The Kier molecular flexibility index (Phi) is 5.84. The molecule has 0 bridgehead atoms. The summed E-state index contributed by atoms with van der Waals surface area (Å²) in [5.41, 5.74) is 1.12. The molecule has 170 valence electrons. The molecule has 1 aliphatic rings. The molecule has 1 N–H and O–H groups in total. The molecule has 4 aromatic rings. The van der Waals surface area contributed by atoms with E-state index in [-0.39, 0.29) is 23.3 Å². The fourth-order valence-corrected chi connectivity index (χ4v) is 5.52. The summed E-state index contributed by atoms with van der Waals surface area (Å²) in [6.07, 6.45) is 4.20. The van der Waals surface area contributed by atoms with Gasteiger partial charge in [0.25, 0.3) is 11.5 Å². The Hall–Kier alpha value is -2.91. The molecule has 1 amide bonds. The number of nitrogens with one attached hydrogen (secondary N) is 1. The average Bonchev–Trinajstić information content (AvgIpc) is 3.47. The van der Waals surface area contributed by atoms with E-state index in [1.54, 1.807) is 41.8 Å². The molecule has 0 saturated heterocycles. The monoisotopic (exact) mass is 485 g/mol. The van der Waals surface area contributed by atoms with Gasteiger partial charge >= 0.3 is 0 Å². The fourth-order valence-electron chi connectivity index (χ4n) is 4.24. The third kappa shape index (κ3) is 4.00. The first-order valence-electron chi connectivity index (χ1n) is 10.7. The Morgan fingerprint density at radius 3 is 2.79 bits per heavy atom. The van der Waals surface area contributed by atoms with Crippen LogP contribution in [0.5, 0.6) is 0 Å². The van der Waals surface area contributed by atoms with Crippen LogP contribution in [-0.4, -0.2) is 31.1 Å². The van der Waals surface area contributed by atoms with Gasteiger partial charge in [0.05, 0.1) is 10.9 Å². The number of aryl methyl sites for hydroxylation is 1. The van der Waals surface area contributed by atoms with Gasteiger partial charge in [0, 0.05) is 35.0 Å². The fraction of sp³-hybridized carbons (Fsp3) is 0.304. The predicted octanol–water partition coefficient (Wildman–Crippen LogP) is 4.34. The van der Waals surface area contributed by atoms with Crippen LogP contribution in [0.4, 0.5) is 4.39 Å². The maximum atomic E-state index is 14.2. The number of amides is 1. The summed E-state index contributed by atoms with van der Waals surface area (Å²) in [5.74, 6) is 0.00589. The average molecular weight is 486 g/mol. The second kappa shape index (κ2) is 8.79. The topological polar surface area (TPSA) is 81.3 Å². The number of benzene rings is 2. The zero-order valence-corrected chi connectivity index (χ0v) is 19.4. The van der Waals surface area contributed by atoms with Crippen molar-refractivity contribution >= 4 is 46.0 Å². The number of fused-ring (bicyclic) bond motifs is 3. The smallest absolute Gasteiger partial charge is 0.262 e. The number of carbonyl (C=O) groups is 1. The summed E-state index contributed by atoms with van der Waals surface area (Å²) in [6, 6.07) is 9.74. The van der Waals surface area contributed by atoms with Crippen LogP contribution in [0.1, 0.15) is 41.6 Å². The van der Waals surface area contributed by atoms with Gasteiger partial charge in [-0.25, -0.2) is 4.39 Å². The van der Waals surface area contributed by atoms with Crippen LogP contribution in [0.25, 0.3) is 16.7 Å². The van der Waals surface area contributed by atoms with Crippen molar-refractivity contribution in [3.8, 4) is 0 Å². The van der Waals surface area contributed by atoms with Crippen molar-refractivity contribution in [3.05, 3.63) is 68.7 Å². The molecule has 1 fully saturated rings. The number of halogens is 2. The van der Waals surface area contributed by atoms with Gasteiger partial charge < -0.3 is 5.32 Å². The Morgan fingerprint density at radius 2 is 2.03 bits per heavy atom. The van der Waals surface area contributed by atoms with Gasteiger partial charge in [-0.1, -0.05) is 42.3 Å². The van der Waals surface area contributed by atoms with Gasteiger partial charge in [-0.15, -0.1) is 10.2 Å². The SMILES string of the molecule is Cn1c(=O)c2ccc(C(=O)NC3CCCC3)cc2n2c(SCc3c(F)cccc3Cl)nnc12. The number of thioether (sulfide) groups is 1. The van der Waals surface area contributed by atoms with E-state index in [1.165, 1.54) is 22.4 Å². The van der Waals surface area contributed by atoms with Gasteiger partial charge in [0.1, 0.15) is 5.82 Å².